The molecule has 148 valence electrons. The molecule has 0 aliphatic carbocycles. The lowest BCUT2D eigenvalue weighted by atomic mass is 10.1. The fraction of sp³-hybridized carbons (Fsp3) is 0.381. The molecular weight excluding hydrogens is 377 g/mol. The number of halogens is 1. The molecule has 0 spiro atoms. The highest BCUT2D eigenvalue weighted by molar-refractivity contribution is 7.20. The molecule has 3 aromatic rings. The van der Waals surface area contributed by atoms with Gasteiger partial charge in [0.2, 0.25) is 0 Å². The molecule has 5 nitrogen and oxygen atoms in total. The van der Waals surface area contributed by atoms with Gasteiger partial charge in [0.15, 0.2) is 11.6 Å². The molecule has 1 amide bonds. The van der Waals surface area contributed by atoms with Crippen LogP contribution in [0.3, 0.4) is 0 Å². The van der Waals surface area contributed by atoms with Gasteiger partial charge in [0, 0.05) is 30.6 Å². The smallest absolute Gasteiger partial charge is 0.264 e. The van der Waals surface area contributed by atoms with Crippen LogP contribution in [0.15, 0.2) is 18.2 Å². The van der Waals surface area contributed by atoms with Crippen LogP contribution >= 0.6 is 11.3 Å². The van der Waals surface area contributed by atoms with E-state index in [0.717, 1.165) is 39.3 Å². The van der Waals surface area contributed by atoms with Crippen LogP contribution in [0, 0.1) is 19.7 Å². The first kappa shape index (κ1) is 20.2. The summed E-state index contributed by atoms with van der Waals surface area (Å²) in [6, 6.07) is 4.77. The number of hydrogen-bond donors (Lipinski definition) is 0. The minimum atomic E-state index is -0.431. The molecule has 0 saturated carbocycles. The molecule has 0 N–H and O–H groups in total. The van der Waals surface area contributed by atoms with Crippen LogP contribution in [0.4, 0.5) is 4.39 Å². The zero-order valence-corrected chi connectivity index (χ0v) is 17.6. The highest BCUT2D eigenvalue weighted by atomic mass is 32.1. The summed E-state index contributed by atoms with van der Waals surface area (Å²) in [7, 11) is 1.43. The topological polar surface area (TPSA) is 55.3 Å². The number of ether oxygens (including phenoxy) is 1. The largest absolute Gasteiger partial charge is 0.494 e. The maximum Gasteiger partial charge on any atom is 0.264 e. The maximum atomic E-state index is 14.0. The first-order valence-corrected chi connectivity index (χ1v) is 10.1. The molecule has 2 heterocycles. The number of methoxy groups -OCH3 is 1. The predicted molar refractivity (Wildman–Crippen MR) is 110 cm³/mol. The molecule has 0 aliphatic heterocycles. The van der Waals surface area contributed by atoms with E-state index in [4.69, 9.17) is 4.74 Å². The predicted octanol–water partition coefficient (Wildman–Crippen LogP) is 4.68. The normalized spacial score (nSPS) is 11.1. The third-order valence-corrected chi connectivity index (χ3v) is 5.96. The van der Waals surface area contributed by atoms with Gasteiger partial charge in [-0.15, -0.1) is 11.3 Å². The molecule has 2 aromatic heterocycles. The summed E-state index contributed by atoms with van der Waals surface area (Å²) in [5.41, 5.74) is 2.52. The Bertz CT molecular complexity index is 1030. The number of benzene rings is 1. The van der Waals surface area contributed by atoms with Gasteiger partial charge >= 0.3 is 0 Å². The van der Waals surface area contributed by atoms with Gasteiger partial charge in [0.1, 0.15) is 10.7 Å². The second-order valence-electron chi connectivity index (χ2n) is 6.60. The number of aromatic nitrogens is 2. The third kappa shape index (κ3) is 3.71. The van der Waals surface area contributed by atoms with E-state index in [-0.39, 0.29) is 11.7 Å². The van der Waals surface area contributed by atoms with Crippen molar-refractivity contribution in [2.45, 2.75) is 40.7 Å². The number of rotatable bonds is 6. The van der Waals surface area contributed by atoms with Gasteiger partial charge in [-0.1, -0.05) is 13.0 Å². The maximum absolute atomic E-state index is 14.0. The number of fused-ring (bicyclic) bond motifs is 1. The van der Waals surface area contributed by atoms with Gasteiger partial charge < -0.3 is 9.64 Å². The van der Waals surface area contributed by atoms with Crippen LogP contribution in [0.2, 0.25) is 0 Å². The number of carbonyl (C=O) groups is 1. The Balaban J connectivity index is 1.94. The Hall–Kier alpha value is -2.54. The molecule has 0 radical (unpaired) electrons. The molecule has 28 heavy (non-hydrogen) atoms. The van der Waals surface area contributed by atoms with Crippen molar-refractivity contribution in [2.75, 3.05) is 13.7 Å². The van der Waals surface area contributed by atoms with Crippen molar-refractivity contribution in [1.29, 1.82) is 0 Å². The van der Waals surface area contributed by atoms with Gasteiger partial charge in [-0.2, -0.15) is 0 Å². The molecule has 0 aliphatic rings. The number of aryl methyl sites for hydroxylation is 3. The second kappa shape index (κ2) is 8.22. The summed E-state index contributed by atoms with van der Waals surface area (Å²) in [4.78, 5) is 25.6. The quantitative estimate of drug-likeness (QED) is 0.602. The van der Waals surface area contributed by atoms with E-state index in [1.807, 2.05) is 27.7 Å². The molecule has 0 saturated heterocycles. The van der Waals surface area contributed by atoms with E-state index in [1.54, 1.807) is 17.0 Å². The SMILES string of the molecule is CCc1nc(C)c2c(C)c(C(=O)N(CC)Cc3ccc(OC)c(F)c3)sc2n1. The number of thiophene rings is 1. The Labute approximate surface area is 168 Å². The highest BCUT2D eigenvalue weighted by Crippen LogP contribution is 2.32. The first-order valence-electron chi connectivity index (χ1n) is 9.27. The fourth-order valence-corrected chi connectivity index (χ4v) is 4.48. The standard InChI is InChI=1S/C21H24FN3O2S/c1-6-17-23-13(4)18-12(3)19(28-20(18)24-17)21(26)25(7-2)11-14-8-9-16(27-5)15(22)10-14/h8-10H,6-7,11H2,1-5H3. The van der Waals surface area contributed by atoms with E-state index in [2.05, 4.69) is 9.97 Å². The summed E-state index contributed by atoms with van der Waals surface area (Å²) in [6.45, 7) is 8.67. The van der Waals surface area contributed by atoms with Crippen molar-refractivity contribution < 1.29 is 13.9 Å². The van der Waals surface area contributed by atoms with Crippen LogP contribution < -0.4 is 4.74 Å². The monoisotopic (exact) mass is 401 g/mol. The zero-order chi connectivity index (χ0) is 20.4. The van der Waals surface area contributed by atoms with Crippen LogP contribution in [0.5, 0.6) is 5.75 Å². The molecular formula is C21H24FN3O2S. The third-order valence-electron chi connectivity index (χ3n) is 4.79. The minimum Gasteiger partial charge on any atom is -0.494 e. The van der Waals surface area contributed by atoms with E-state index < -0.39 is 5.82 Å². The van der Waals surface area contributed by atoms with Gasteiger partial charge in [0.05, 0.1) is 12.0 Å². The second-order valence-corrected chi connectivity index (χ2v) is 7.60. The molecule has 3 rings (SSSR count). The highest BCUT2D eigenvalue weighted by Gasteiger charge is 2.23. The first-order chi connectivity index (χ1) is 13.4. The van der Waals surface area contributed by atoms with Gasteiger partial charge in [-0.05, 0) is 44.0 Å². The van der Waals surface area contributed by atoms with E-state index in [9.17, 15) is 9.18 Å². The molecule has 1 aromatic carbocycles. The van der Waals surface area contributed by atoms with Gasteiger partial charge in [-0.3, -0.25) is 4.79 Å². The Morgan fingerprint density at radius 2 is 2.00 bits per heavy atom. The van der Waals surface area contributed by atoms with Crippen LogP contribution in [0.25, 0.3) is 10.2 Å². The number of nitrogens with zero attached hydrogens (tertiary/aromatic N) is 3. The Morgan fingerprint density at radius 3 is 2.61 bits per heavy atom. The van der Waals surface area contributed by atoms with Crippen molar-refractivity contribution in [3.05, 3.63) is 51.5 Å². The molecule has 7 heteroatoms. The summed E-state index contributed by atoms with van der Waals surface area (Å²) < 4.78 is 19.0. The number of amides is 1. The van der Waals surface area contributed by atoms with Gasteiger partial charge in [0.25, 0.3) is 5.91 Å². The van der Waals surface area contributed by atoms with Crippen molar-refractivity contribution in [2.24, 2.45) is 0 Å². The van der Waals surface area contributed by atoms with Crippen LogP contribution in [-0.2, 0) is 13.0 Å². The lowest BCUT2D eigenvalue weighted by molar-refractivity contribution is 0.0756. The summed E-state index contributed by atoms with van der Waals surface area (Å²) in [6.07, 6.45) is 0.751. The average Bonchev–Trinajstić information content (AvgIpc) is 3.02. The van der Waals surface area contributed by atoms with Gasteiger partial charge in [-0.25, -0.2) is 14.4 Å². The van der Waals surface area contributed by atoms with Crippen molar-refractivity contribution in [3.8, 4) is 5.75 Å². The summed E-state index contributed by atoms with van der Waals surface area (Å²) in [5.74, 6) is 0.474. The van der Waals surface area contributed by atoms with E-state index >= 15 is 0 Å². The van der Waals surface area contributed by atoms with E-state index in [1.165, 1.54) is 24.5 Å². The molecule has 0 bridgehead atoms. The lowest BCUT2D eigenvalue weighted by Gasteiger charge is -2.21. The van der Waals surface area contributed by atoms with Crippen LogP contribution in [-0.4, -0.2) is 34.4 Å². The number of carbonyl (C=O) groups excluding carboxylic acids is 1. The zero-order valence-electron chi connectivity index (χ0n) is 16.8. The fourth-order valence-electron chi connectivity index (χ4n) is 3.26. The average molecular weight is 402 g/mol. The molecule has 0 atom stereocenters. The summed E-state index contributed by atoms with van der Waals surface area (Å²) in [5, 5.41) is 0.956. The molecule has 0 unspecified atom stereocenters. The number of hydrogen-bond acceptors (Lipinski definition) is 5. The Morgan fingerprint density at radius 1 is 1.25 bits per heavy atom. The van der Waals surface area contributed by atoms with E-state index in [0.29, 0.717) is 18.0 Å². The molecule has 0 fully saturated rings. The van der Waals surface area contributed by atoms with Crippen molar-refractivity contribution >= 4 is 27.5 Å². The summed E-state index contributed by atoms with van der Waals surface area (Å²) >= 11 is 1.40. The van der Waals surface area contributed by atoms with Crippen molar-refractivity contribution in [1.82, 2.24) is 14.9 Å². The lowest BCUT2D eigenvalue weighted by Crippen LogP contribution is -2.30. The van der Waals surface area contributed by atoms with Crippen LogP contribution in [0.1, 0.15) is 46.2 Å². The minimum absolute atomic E-state index is 0.0725. The Kier molecular flexibility index (Phi) is 5.93. The van der Waals surface area contributed by atoms with Crippen molar-refractivity contribution in [3.63, 3.8) is 0 Å².